The lowest BCUT2D eigenvalue weighted by Gasteiger charge is -2.28. The molecule has 1 fully saturated rings. The first-order chi connectivity index (χ1) is 14.5. The van der Waals surface area contributed by atoms with Crippen LogP contribution in [0.5, 0.6) is 0 Å². The first-order valence-electron chi connectivity index (χ1n) is 10.2. The highest BCUT2D eigenvalue weighted by atomic mass is 19.1. The maximum Gasteiger partial charge on any atom is 0.231 e. The second-order valence-corrected chi connectivity index (χ2v) is 7.61. The van der Waals surface area contributed by atoms with Crippen molar-refractivity contribution in [1.29, 1.82) is 0 Å². The summed E-state index contributed by atoms with van der Waals surface area (Å²) >= 11 is 0. The van der Waals surface area contributed by atoms with Gasteiger partial charge in [0.15, 0.2) is 0 Å². The van der Waals surface area contributed by atoms with Gasteiger partial charge in [-0.3, -0.25) is 0 Å². The van der Waals surface area contributed by atoms with Crippen LogP contribution in [0, 0.1) is 25.5 Å². The molecule has 0 radical (unpaired) electrons. The number of aromatic nitrogens is 2. The number of piperidine rings is 1. The fourth-order valence-electron chi connectivity index (χ4n) is 3.52. The fourth-order valence-corrected chi connectivity index (χ4v) is 3.52. The van der Waals surface area contributed by atoms with Crippen molar-refractivity contribution in [2.24, 2.45) is 0 Å². The van der Waals surface area contributed by atoms with Crippen molar-refractivity contribution in [2.45, 2.75) is 33.1 Å². The van der Waals surface area contributed by atoms with Gasteiger partial charge in [-0.15, -0.1) is 0 Å². The number of rotatable bonds is 5. The first kappa shape index (κ1) is 20.1. The zero-order chi connectivity index (χ0) is 21.1. The molecule has 0 spiro atoms. The number of hydrogen-bond acceptors (Lipinski definition) is 5. The van der Waals surface area contributed by atoms with Crippen molar-refractivity contribution in [3.63, 3.8) is 0 Å². The lowest BCUT2D eigenvalue weighted by molar-refractivity contribution is 0.573. The minimum absolute atomic E-state index is 0.279. The molecular weight excluding hydrogens is 384 g/mol. The lowest BCUT2D eigenvalue weighted by atomic mass is 10.1. The summed E-state index contributed by atoms with van der Waals surface area (Å²) in [6.45, 7) is 5.29. The molecule has 156 valence electrons. The summed E-state index contributed by atoms with van der Waals surface area (Å²) in [7, 11) is 0. The highest BCUT2D eigenvalue weighted by molar-refractivity contribution is 5.66. The minimum atomic E-state index is -0.291. The maximum absolute atomic E-state index is 14.0. The van der Waals surface area contributed by atoms with Gasteiger partial charge in [0.1, 0.15) is 23.3 Å². The second kappa shape index (κ2) is 8.65. The number of nitrogens with one attached hydrogen (secondary N) is 2. The zero-order valence-corrected chi connectivity index (χ0v) is 17.2. The molecule has 4 rings (SSSR count). The molecule has 7 heteroatoms. The van der Waals surface area contributed by atoms with Crippen LogP contribution in [0.3, 0.4) is 0 Å². The van der Waals surface area contributed by atoms with E-state index in [9.17, 15) is 8.78 Å². The van der Waals surface area contributed by atoms with Crippen molar-refractivity contribution in [1.82, 2.24) is 9.97 Å². The molecule has 1 saturated heterocycles. The Hall–Kier alpha value is -3.22. The van der Waals surface area contributed by atoms with Crippen molar-refractivity contribution >= 4 is 29.0 Å². The van der Waals surface area contributed by atoms with Crippen molar-refractivity contribution in [3.05, 3.63) is 65.2 Å². The van der Waals surface area contributed by atoms with Crippen LogP contribution in [0.2, 0.25) is 0 Å². The van der Waals surface area contributed by atoms with E-state index in [1.54, 1.807) is 32.0 Å². The van der Waals surface area contributed by atoms with Crippen LogP contribution >= 0.6 is 0 Å². The molecule has 0 aliphatic carbocycles. The molecule has 1 aromatic heterocycles. The van der Waals surface area contributed by atoms with E-state index in [-0.39, 0.29) is 11.6 Å². The Bertz CT molecular complexity index is 1050. The maximum atomic E-state index is 14.0. The number of benzene rings is 2. The molecule has 30 heavy (non-hydrogen) atoms. The number of hydrogen-bond donors (Lipinski definition) is 2. The second-order valence-electron chi connectivity index (χ2n) is 7.61. The van der Waals surface area contributed by atoms with E-state index < -0.39 is 0 Å². The van der Waals surface area contributed by atoms with E-state index in [1.165, 1.54) is 18.6 Å². The van der Waals surface area contributed by atoms with Crippen molar-refractivity contribution in [2.75, 3.05) is 28.6 Å². The van der Waals surface area contributed by atoms with Gasteiger partial charge in [-0.25, -0.2) is 8.78 Å². The van der Waals surface area contributed by atoms with E-state index in [1.807, 2.05) is 12.1 Å². The molecule has 2 aromatic carbocycles. The Morgan fingerprint density at radius 2 is 1.67 bits per heavy atom. The van der Waals surface area contributed by atoms with Gasteiger partial charge in [-0.05, 0) is 62.9 Å². The summed E-state index contributed by atoms with van der Waals surface area (Å²) in [4.78, 5) is 11.4. The van der Waals surface area contributed by atoms with E-state index in [4.69, 9.17) is 0 Å². The van der Waals surface area contributed by atoms with Crippen LogP contribution in [0.15, 0.2) is 42.5 Å². The number of anilines is 5. The van der Waals surface area contributed by atoms with E-state index in [0.717, 1.165) is 31.7 Å². The molecule has 2 heterocycles. The molecule has 2 N–H and O–H groups in total. The van der Waals surface area contributed by atoms with Crippen LogP contribution in [0.25, 0.3) is 0 Å². The number of halogens is 2. The fraction of sp³-hybridized carbons (Fsp3) is 0.304. The van der Waals surface area contributed by atoms with Gasteiger partial charge in [-0.2, -0.15) is 9.97 Å². The molecule has 0 saturated carbocycles. The van der Waals surface area contributed by atoms with Gasteiger partial charge in [-0.1, -0.05) is 12.1 Å². The predicted molar refractivity (Wildman–Crippen MR) is 117 cm³/mol. The van der Waals surface area contributed by atoms with Crippen LogP contribution in [-0.2, 0) is 0 Å². The van der Waals surface area contributed by atoms with Gasteiger partial charge < -0.3 is 15.5 Å². The highest BCUT2D eigenvalue weighted by Gasteiger charge is 2.16. The van der Waals surface area contributed by atoms with Gasteiger partial charge in [0.2, 0.25) is 5.95 Å². The van der Waals surface area contributed by atoms with Crippen molar-refractivity contribution in [3.8, 4) is 0 Å². The first-order valence-corrected chi connectivity index (χ1v) is 10.2. The summed E-state index contributed by atoms with van der Waals surface area (Å²) in [5, 5.41) is 6.31. The molecule has 0 unspecified atom stereocenters. The SMILES string of the molecule is Cc1ccc(Nc2nc(Nc3cccc(F)c3C)cc(N3CCCCC3)n2)cc1F. The Labute approximate surface area is 175 Å². The highest BCUT2D eigenvalue weighted by Crippen LogP contribution is 2.27. The summed E-state index contributed by atoms with van der Waals surface area (Å²) in [6, 6.07) is 11.7. The van der Waals surface area contributed by atoms with Gasteiger partial charge >= 0.3 is 0 Å². The molecular formula is C23H25F2N5. The molecule has 5 nitrogen and oxygen atoms in total. The van der Waals surface area contributed by atoms with E-state index >= 15 is 0 Å². The van der Waals surface area contributed by atoms with Crippen LogP contribution in [-0.4, -0.2) is 23.1 Å². The molecule has 1 aliphatic rings. The summed E-state index contributed by atoms with van der Waals surface area (Å²) < 4.78 is 27.9. The molecule has 0 amide bonds. The monoisotopic (exact) mass is 409 g/mol. The van der Waals surface area contributed by atoms with Crippen LogP contribution < -0.4 is 15.5 Å². The van der Waals surface area contributed by atoms with E-state index in [0.29, 0.717) is 34.3 Å². The van der Waals surface area contributed by atoms with E-state index in [2.05, 4.69) is 25.5 Å². The number of nitrogens with zero attached hydrogens (tertiary/aromatic N) is 3. The Balaban J connectivity index is 1.68. The third-order valence-corrected chi connectivity index (χ3v) is 5.35. The third-order valence-electron chi connectivity index (χ3n) is 5.35. The minimum Gasteiger partial charge on any atom is -0.356 e. The third kappa shape index (κ3) is 4.50. The standard InChI is InChI=1S/C23H25F2N5/c1-15-9-10-17(13-19(15)25)26-23-28-21(27-20-8-6-7-18(24)16(20)2)14-22(29-23)30-11-4-3-5-12-30/h6-10,13-14H,3-5,11-12H2,1-2H3,(H2,26,27,28,29). The van der Waals surface area contributed by atoms with Gasteiger partial charge in [0.25, 0.3) is 0 Å². The van der Waals surface area contributed by atoms with Gasteiger partial charge in [0, 0.05) is 36.1 Å². The smallest absolute Gasteiger partial charge is 0.231 e. The van der Waals surface area contributed by atoms with Crippen molar-refractivity contribution < 1.29 is 8.78 Å². The summed E-state index contributed by atoms with van der Waals surface area (Å²) in [6.07, 6.45) is 3.44. The predicted octanol–water partition coefficient (Wildman–Crippen LogP) is 5.85. The normalized spacial score (nSPS) is 13.9. The Morgan fingerprint density at radius 3 is 2.43 bits per heavy atom. The average Bonchev–Trinajstić information content (AvgIpc) is 2.75. The zero-order valence-electron chi connectivity index (χ0n) is 17.2. The molecule has 1 aliphatic heterocycles. The van der Waals surface area contributed by atoms with Gasteiger partial charge in [0.05, 0.1) is 0 Å². The topological polar surface area (TPSA) is 53.1 Å². The average molecular weight is 409 g/mol. The molecule has 0 bridgehead atoms. The van der Waals surface area contributed by atoms with Crippen LogP contribution in [0.1, 0.15) is 30.4 Å². The summed E-state index contributed by atoms with van der Waals surface area (Å²) in [5.74, 6) is 1.13. The van der Waals surface area contributed by atoms with Crippen LogP contribution in [0.4, 0.5) is 37.7 Å². The molecule has 3 aromatic rings. The Morgan fingerprint density at radius 1 is 0.867 bits per heavy atom. The largest absolute Gasteiger partial charge is 0.356 e. The number of aryl methyl sites for hydroxylation is 1. The lowest BCUT2D eigenvalue weighted by Crippen LogP contribution is -2.30. The molecule has 0 atom stereocenters. The summed E-state index contributed by atoms with van der Waals surface area (Å²) in [5.41, 5.74) is 2.31. The Kier molecular flexibility index (Phi) is 5.79. The quantitative estimate of drug-likeness (QED) is 0.554.